The van der Waals surface area contributed by atoms with Gasteiger partial charge in [-0.1, -0.05) is 23.8 Å². The van der Waals surface area contributed by atoms with Gasteiger partial charge in [-0.15, -0.1) is 0 Å². The minimum atomic E-state index is -0.237. The van der Waals surface area contributed by atoms with E-state index in [0.29, 0.717) is 6.61 Å². The van der Waals surface area contributed by atoms with E-state index in [1.165, 1.54) is 28.8 Å². The Hall–Kier alpha value is -1.87. The first-order valence-corrected chi connectivity index (χ1v) is 7.14. The van der Waals surface area contributed by atoms with Crippen molar-refractivity contribution in [3.8, 4) is 5.75 Å². The summed E-state index contributed by atoms with van der Waals surface area (Å²) < 4.78 is 19.0. The molecule has 0 aliphatic heterocycles. The quantitative estimate of drug-likeness (QED) is 0.894. The average Bonchev–Trinajstić information content (AvgIpc) is 2.43. The number of ether oxygens (including phenoxy) is 1. The molecule has 2 aromatic rings. The van der Waals surface area contributed by atoms with E-state index in [2.05, 4.69) is 37.4 Å². The third-order valence-electron chi connectivity index (χ3n) is 3.69. The largest absolute Gasteiger partial charge is 0.491 e. The van der Waals surface area contributed by atoms with Crippen molar-refractivity contribution in [3.05, 3.63) is 64.5 Å². The summed E-state index contributed by atoms with van der Waals surface area (Å²) in [5, 5.41) is 3.28. The fourth-order valence-corrected chi connectivity index (χ4v) is 2.49. The molecule has 0 fully saturated rings. The summed E-state index contributed by atoms with van der Waals surface area (Å²) in [7, 11) is 1.92. The van der Waals surface area contributed by atoms with Gasteiger partial charge in [-0.2, -0.15) is 0 Å². The Labute approximate surface area is 126 Å². The van der Waals surface area contributed by atoms with Crippen molar-refractivity contribution < 1.29 is 9.13 Å². The van der Waals surface area contributed by atoms with Gasteiger partial charge in [0.15, 0.2) is 0 Å². The maximum atomic E-state index is 13.1. The Morgan fingerprint density at radius 1 is 1.05 bits per heavy atom. The van der Waals surface area contributed by atoms with Crippen molar-refractivity contribution in [3.63, 3.8) is 0 Å². The van der Waals surface area contributed by atoms with Crippen molar-refractivity contribution in [2.75, 3.05) is 13.7 Å². The second-order valence-electron chi connectivity index (χ2n) is 5.42. The second-order valence-corrected chi connectivity index (χ2v) is 5.42. The highest BCUT2D eigenvalue weighted by Gasteiger charge is 2.13. The monoisotopic (exact) mass is 287 g/mol. The van der Waals surface area contributed by atoms with Crippen LogP contribution in [0, 0.1) is 26.6 Å². The molecule has 0 spiro atoms. The second kappa shape index (κ2) is 6.72. The number of likely N-dealkylation sites (N-methyl/N-ethyl adjacent to an activating group) is 1. The van der Waals surface area contributed by atoms with Crippen LogP contribution in [0.1, 0.15) is 28.3 Å². The molecule has 3 heteroatoms. The van der Waals surface area contributed by atoms with E-state index < -0.39 is 0 Å². The van der Waals surface area contributed by atoms with Crippen molar-refractivity contribution in [1.29, 1.82) is 0 Å². The zero-order chi connectivity index (χ0) is 15.4. The number of halogens is 1. The molecule has 0 aromatic heterocycles. The maximum absolute atomic E-state index is 13.1. The molecule has 1 atom stereocenters. The van der Waals surface area contributed by atoms with Gasteiger partial charge in [0.1, 0.15) is 18.2 Å². The first-order valence-electron chi connectivity index (χ1n) is 7.14. The summed E-state index contributed by atoms with van der Waals surface area (Å²) in [6.07, 6.45) is 0. The average molecular weight is 287 g/mol. The predicted octanol–water partition coefficient (Wildman–Crippen LogP) is 4.09. The lowest BCUT2D eigenvalue weighted by molar-refractivity contribution is 0.270. The third kappa shape index (κ3) is 3.82. The summed E-state index contributed by atoms with van der Waals surface area (Å²) in [5.41, 5.74) is 4.53. The fourth-order valence-electron chi connectivity index (χ4n) is 2.49. The number of benzene rings is 2. The number of hydrogen-bond donors (Lipinski definition) is 1. The van der Waals surface area contributed by atoms with Crippen LogP contribution in [0.25, 0.3) is 0 Å². The van der Waals surface area contributed by atoms with Crippen molar-refractivity contribution >= 4 is 0 Å². The molecule has 1 N–H and O–H groups in total. The number of nitrogens with one attached hydrogen (secondary N) is 1. The van der Waals surface area contributed by atoms with E-state index in [9.17, 15) is 4.39 Å². The van der Waals surface area contributed by atoms with Gasteiger partial charge >= 0.3 is 0 Å². The molecule has 0 aliphatic carbocycles. The van der Waals surface area contributed by atoms with Gasteiger partial charge in [0.25, 0.3) is 0 Å². The lowest BCUT2D eigenvalue weighted by Gasteiger charge is -2.20. The van der Waals surface area contributed by atoms with E-state index in [1.54, 1.807) is 6.07 Å². The number of aryl methyl sites for hydroxylation is 3. The first kappa shape index (κ1) is 15.5. The zero-order valence-corrected chi connectivity index (χ0v) is 13.0. The van der Waals surface area contributed by atoms with Crippen LogP contribution >= 0.6 is 0 Å². The van der Waals surface area contributed by atoms with Gasteiger partial charge < -0.3 is 10.1 Å². The Kier molecular flexibility index (Phi) is 4.97. The Bertz CT molecular complexity index is 625. The first-order chi connectivity index (χ1) is 10.0. The highest BCUT2D eigenvalue weighted by atomic mass is 19.1. The predicted molar refractivity (Wildman–Crippen MR) is 84.3 cm³/mol. The van der Waals surface area contributed by atoms with Crippen molar-refractivity contribution in [2.24, 2.45) is 0 Å². The van der Waals surface area contributed by atoms with Gasteiger partial charge in [0.05, 0.1) is 6.04 Å². The highest BCUT2D eigenvalue weighted by molar-refractivity contribution is 5.34. The van der Waals surface area contributed by atoms with Crippen LogP contribution in [0.4, 0.5) is 4.39 Å². The maximum Gasteiger partial charge on any atom is 0.123 e. The molecule has 2 aromatic carbocycles. The van der Waals surface area contributed by atoms with E-state index in [0.717, 1.165) is 11.3 Å². The van der Waals surface area contributed by atoms with Crippen LogP contribution in [0.3, 0.4) is 0 Å². The SMILES string of the molecule is CNC(COc1ccc(F)cc1C)c1ccc(C)cc1C. The van der Waals surface area contributed by atoms with Crippen LogP contribution in [-0.4, -0.2) is 13.7 Å². The molecular weight excluding hydrogens is 265 g/mol. The Morgan fingerprint density at radius 2 is 1.81 bits per heavy atom. The van der Waals surface area contributed by atoms with Crippen molar-refractivity contribution in [2.45, 2.75) is 26.8 Å². The minimum Gasteiger partial charge on any atom is -0.491 e. The minimum absolute atomic E-state index is 0.107. The molecule has 0 saturated heterocycles. The van der Waals surface area contributed by atoms with Gasteiger partial charge in [-0.05, 0) is 62.7 Å². The van der Waals surface area contributed by atoms with Gasteiger partial charge in [0, 0.05) is 0 Å². The Balaban J connectivity index is 2.12. The smallest absolute Gasteiger partial charge is 0.123 e. The lowest BCUT2D eigenvalue weighted by Crippen LogP contribution is -2.24. The van der Waals surface area contributed by atoms with E-state index in [4.69, 9.17) is 4.74 Å². The summed E-state index contributed by atoms with van der Waals surface area (Å²) in [4.78, 5) is 0. The summed E-state index contributed by atoms with van der Waals surface area (Å²) >= 11 is 0. The summed E-state index contributed by atoms with van der Waals surface area (Å²) in [6, 6.07) is 11.1. The zero-order valence-electron chi connectivity index (χ0n) is 13.0. The van der Waals surface area contributed by atoms with Gasteiger partial charge in [-0.25, -0.2) is 4.39 Å². The molecule has 0 aliphatic rings. The molecule has 2 rings (SSSR count). The molecule has 0 heterocycles. The molecule has 112 valence electrons. The van der Waals surface area contributed by atoms with Crippen LogP contribution < -0.4 is 10.1 Å². The van der Waals surface area contributed by atoms with Crippen LogP contribution in [0.15, 0.2) is 36.4 Å². The van der Waals surface area contributed by atoms with Gasteiger partial charge in [-0.3, -0.25) is 0 Å². The lowest BCUT2D eigenvalue weighted by atomic mass is 10.00. The van der Waals surface area contributed by atoms with Crippen molar-refractivity contribution in [1.82, 2.24) is 5.32 Å². The Morgan fingerprint density at radius 3 is 2.43 bits per heavy atom. The van der Waals surface area contributed by atoms with E-state index >= 15 is 0 Å². The van der Waals surface area contributed by atoms with Crippen LogP contribution in [0.2, 0.25) is 0 Å². The van der Waals surface area contributed by atoms with E-state index in [-0.39, 0.29) is 11.9 Å². The summed E-state index contributed by atoms with van der Waals surface area (Å²) in [6.45, 7) is 6.55. The molecule has 0 amide bonds. The standard InChI is InChI=1S/C18H22FNO/c1-12-5-7-16(13(2)9-12)17(20-4)11-21-18-8-6-15(19)10-14(18)3/h5-10,17,20H,11H2,1-4H3. The summed E-state index contributed by atoms with van der Waals surface area (Å²) in [5.74, 6) is 0.487. The van der Waals surface area contributed by atoms with E-state index in [1.807, 2.05) is 14.0 Å². The molecule has 0 bridgehead atoms. The number of rotatable bonds is 5. The molecule has 2 nitrogen and oxygen atoms in total. The fraction of sp³-hybridized carbons (Fsp3) is 0.333. The normalized spacial score (nSPS) is 12.2. The van der Waals surface area contributed by atoms with Crippen LogP contribution in [0.5, 0.6) is 5.75 Å². The molecule has 0 radical (unpaired) electrons. The number of hydrogen-bond acceptors (Lipinski definition) is 2. The third-order valence-corrected chi connectivity index (χ3v) is 3.69. The van der Waals surface area contributed by atoms with Gasteiger partial charge in [0.2, 0.25) is 0 Å². The molecular formula is C18H22FNO. The molecule has 0 saturated carbocycles. The topological polar surface area (TPSA) is 21.3 Å². The van der Waals surface area contributed by atoms with Crippen LogP contribution in [-0.2, 0) is 0 Å². The molecule has 1 unspecified atom stereocenters. The highest BCUT2D eigenvalue weighted by Crippen LogP contribution is 2.23. The molecule has 21 heavy (non-hydrogen) atoms.